The molecule has 4 rings (SSSR count). The van der Waals surface area contributed by atoms with Gasteiger partial charge in [0.05, 0.1) is 33.9 Å². The second-order valence-electron chi connectivity index (χ2n) is 9.75. The molecule has 9 nitrogen and oxygen atoms in total. The van der Waals surface area contributed by atoms with Crippen molar-refractivity contribution in [3.05, 3.63) is 70.3 Å². The summed E-state index contributed by atoms with van der Waals surface area (Å²) >= 11 is 1.28. The maximum atomic E-state index is 13.8. The Morgan fingerprint density at radius 1 is 1.07 bits per heavy atom. The van der Waals surface area contributed by atoms with Gasteiger partial charge >= 0.3 is 12.5 Å². The number of rotatable bonds is 8. The van der Waals surface area contributed by atoms with Gasteiger partial charge in [-0.05, 0) is 52.0 Å². The Bertz CT molecular complexity index is 1610. The molecule has 1 amide bonds. The highest BCUT2D eigenvalue weighted by Gasteiger charge is 2.34. The van der Waals surface area contributed by atoms with E-state index in [0.717, 1.165) is 21.7 Å². The third-order valence-corrected chi connectivity index (χ3v) is 7.77. The Morgan fingerprint density at radius 3 is 2.38 bits per heavy atom. The molecule has 2 aromatic heterocycles. The van der Waals surface area contributed by atoms with E-state index in [0.29, 0.717) is 5.69 Å². The molecule has 2 aromatic carbocycles. The van der Waals surface area contributed by atoms with Crippen molar-refractivity contribution in [1.29, 1.82) is 0 Å². The number of fused-ring (bicyclic) bond motifs is 1. The van der Waals surface area contributed by atoms with Gasteiger partial charge in [-0.25, -0.2) is 22.2 Å². The molecule has 0 radical (unpaired) electrons. The summed E-state index contributed by atoms with van der Waals surface area (Å²) in [7, 11) is -4.28. The zero-order chi connectivity index (χ0) is 29.3. The van der Waals surface area contributed by atoms with Crippen molar-refractivity contribution < 1.29 is 40.6 Å². The first kappa shape index (κ1) is 29.2. The summed E-state index contributed by atoms with van der Waals surface area (Å²) in [6.45, 7) is 6.31. The van der Waals surface area contributed by atoms with Crippen molar-refractivity contribution in [2.45, 2.75) is 57.7 Å². The first-order valence-electron chi connectivity index (χ1n) is 11.9. The SMILES string of the molecule is Cc1ccc(S(=O)(=O)n2c(CNC(=O)OC(C)(C)C)cc3cc(OC(F)(F)F)c(OCc4cscn4)cc32)cc1. The van der Waals surface area contributed by atoms with Crippen LogP contribution in [0, 0.1) is 6.92 Å². The number of amides is 1. The van der Waals surface area contributed by atoms with E-state index in [1.807, 2.05) is 0 Å². The number of nitrogens with zero attached hydrogens (tertiary/aromatic N) is 2. The molecule has 214 valence electrons. The quantitative estimate of drug-likeness (QED) is 0.260. The van der Waals surface area contributed by atoms with E-state index in [1.165, 1.54) is 35.0 Å². The van der Waals surface area contributed by atoms with Gasteiger partial charge in [0.1, 0.15) is 12.2 Å². The second-order valence-corrected chi connectivity index (χ2v) is 12.3. The number of hydrogen-bond acceptors (Lipinski definition) is 8. The predicted octanol–water partition coefficient (Wildman–Crippen LogP) is 6.15. The van der Waals surface area contributed by atoms with Crippen molar-refractivity contribution in [1.82, 2.24) is 14.3 Å². The topological polar surface area (TPSA) is 109 Å². The standard InChI is InChI=1S/C26H26F3N3O6S2/c1-16-5-7-20(8-6-16)40(34,35)32-19(12-30-24(33)38-25(2,3)4)9-17-10-23(37-26(27,28)29)22(11-21(17)32)36-13-18-14-39-15-31-18/h5-11,14-15H,12-13H2,1-4H3,(H,30,33). The minimum atomic E-state index is -5.04. The molecule has 40 heavy (non-hydrogen) atoms. The van der Waals surface area contributed by atoms with E-state index in [-0.39, 0.29) is 40.4 Å². The van der Waals surface area contributed by atoms with Gasteiger partial charge < -0.3 is 19.5 Å². The average Bonchev–Trinajstić information content (AvgIpc) is 3.47. The Balaban J connectivity index is 1.85. The molecule has 14 heteroatoms. The summed E-state index contributed by atoms with van der Waals surface area (Å²) in [4.78, 5) is 16.3. The number of aromatic nitrogens is 2. The predicted molar refractivity (Wildman–Crippen MR) is 142 cm³/mol. The highest BCUT2D eigenvalue weighted by atomic mass is 32.2. The molecule has 0 aliphatic rings. The first-order chi connectivity index (χ1) is 18.6. The number of hydrogen-bond donors (Lipinski definition) is 1. The summed E-state index contributed by atoms with van der Waals surface area (Å²) in [6.07, 6.45) is -5.84. The third kappa shape index (κ3) is 7.04. The fourth-order valence-corrected chi connectivity index (χ4v) is 5.80. The van der Waals surface area contributed by atoms with E-state index < -0.39 is 33.8 Å². The van der Waals surface area contributed by atoms with Crippen LogP contribution in [0.4, 0.5) is 18.0 Å². The van der Waals surface area contributed by atoms with Gasteiger partial charge in [0, 0.05) is 16.8 Å². The lowest BCUT2D eigenvalue weighted by Gasteiger charge is -2.20. The molecule has 2 heterocycles. The lowest BCUT2D eigenvalue weighted by molar-refractivity contribution is -0.275. The van der Waals surface area contributed by atoms with Gasteiger partial charge in [0.2, 0.25) is 0 Å². The van der Waals surface area contributed by atoms with Gasteiger partial charge in [-0.1, -0.05) is 17.7 Å². The maximum Gasteiger partial charge on any atom is 0.573 e. The van der Waals surface area contributed by atoms with Gasteiger partial charge in [0.15, 0.2) is 11.5 Å². The number of carbonyl (C=O) groups is 1. The number of ether oxygens (including phenoxy) is 3. The number of thiazole rings is 1. The molecule has 0 saturated carbocycles. The van der Waals surface area contributed by atoms with Crippen LogP contribution in [-0.4, -0.2) is 35.4 Å². The fourth-order valence-electron chi connectivity index (χ4n) is 3.73. The molecular weight excluding hydrogens is 571 g/mol. The summed E-state index contributed by atoms with van der Waals surface area (Å²) in [5.41, 5.74) is 2.11. The molecule has 0 aliphatic carbocycles. The lowest BCUT2D eigenvalue weighted by atomic mass is 10.2. The first-order valence-corrected chi connectivity index (χ1v) is 14.2. The molecule has 0 aliphatic heterocycles. The highest BCUT2D eigenvalue weighted by Crippen LogP contribution is 2.39. The van der Waals surface area contributed by atoms with Crippen molar-refractivity contribution in [2.24, 2.45) is 0 Å². The van der Waals surface area contributed by atoms with E-state index in [9.17, 15) is 26.4 Å². The number of aryl methyl sites for hydroxylation is 1. The van der Waals surface area contributed by atoms with E-state index in [2.05, 4.69) is 15.0 Å². The summed E-state index contributed by atoms with van der Waals surface area (Å²) < 4.78 is 83.5. The Labute approximate surface area is 232 Å². The van der Waals surface area contributed by atoms with Gasteiger partial charge in [-0.3, -0.25) is 0 Å². The van der Waals surface area contributed by atoms with Crippen molar-refractivity contribution >= 4 is 38.4 Å². The maximum absolute atomic E-state index is 13.8. The largest absolute Gasteiger partial charge is 0.573 e. The van der Waals surface area contributed by atoms with Crippen molar-refractivity contribution in [2.75, 3.05) is 0 Å². The van der Waals surface area contributed by atoms with Crippen LogP contribution in [0.2, 0.25) is 0 Å². The zero-order valence-corrected chi connectivity index (χ0v) is 23.5. The molecule has 0 atom stereocenters. The summed E-state index contributed by atoms with van der Waals surface area (Å²) in [5, 5.41) is 4.27. The number of nitrogens with one attached hydrogen (secondary N) is 1. The van der Waals surface area contributed by atoms with Crippen LogP contribution in [0.1, 0.15) is 37.7 Å². The summed E-state index contributed by atoms with van der Waals surface area (Å²) in [5.74, 6) is -1.00. The number of benzene rings is 2. The van der Waals surface area contributed by atoms with Crippen LogP contribution in [0.5, 0.6) is 11.5 Å². The van der Waals surface area contributed by atoms with E-state index >= 15 is 0 Å². The molecule has 0 fully saturated rings. The lowest BCUT2D eigenvalue weighted by Crippen LogP contribution is -2.33. The number of alkyl carbamates (subject to hydrolysis) is 1. The Hall–Kier alpha value is -3.78. The Morgan fingerprint density at radius 2 is 1.77 bits per heavy atom. The van der Waals surface area contributed by atoms with Gasteiger partial charge in [0.25, 0.3) is 10.0 Å². The molecule has 0 bridgehead atoms. The van der Waals surface area contributed by atoms with Crippen molar-refractivity contribution in [3.63, 3.8) is 0 Å². The van der Waals surface area contributed by atoms with Crippen LogP contribution >= 0.6 is 11.3 Å². The average molecular weight is 598 g/mol. The van der Waals surface area contributed by atoms with Crippen LogP contribution in [0.3, 0.4) is 0 Å². The van der Waals surface area contributed by atoms with Crippen LogP contribution < -0.4 is 14.8 Å². The van der Waals surface area contributed by atoms with Crippen molar-refractivity contribution in [3.8, 4) is 11.5 Å². The number of carbonyl (C=O) groups excluding carboxylic acids is 1. The number of alkyl halides is 3. The van der Waals surface area contributed by atoms with E-state index in [1.54, 1.807) is 45.2 Å². The van der Waals surface area contributed by atoms with Gasteiger partial charge in [-0.15, -0.1) is 24.5 Å². The van der Waals surface area contributed by atoms with Crippen LogP contribution in [-0.2, 0) is 27.9 Å². The highest BCUT2D eigenvalue weighted by molar-refractivity contribution is 7.90. The molecule has 0 spiro atoms. The molecule has 1 N–H and O–H groups in total. The fraction of sp³-hybridized carbons (Fsp3) is 0.308. The summed E-state index contributed by atoms with van der Waals surface area (Å²) in [6, 6.07) is 9.63. The smallest absolute Gasteiger partial charge is 0.483 e. The third-order valence-electron chi connectivity index (χ3n) is 5.35. The Kier molecular flexibility index (Phi) is 8.04. The van der Waals surface area contributed by atoms with Crippen LogP contribution in [0.25, 0.3) is 10.9 Å². The van der Waals surface area contributed by atoms with Gasteiger partial charge in [-0.2, -0.15) is 0 Å². The minimum absolute atomic E-state index is 0.0179. The normalized spacial score (nSPS) is 12.4. The molecule has 0 saturated heterocycles. The monoisotopic (exact) mass is 597 g/mol. The molecular formula is C26H26F3N3O6S2. The molecule has 4 aromatic rings. The minimum Gasteiger partial charge on any atom is -0.483 e. The zero-order valence-electron chi connectivity index (χ0n) is 21.9. The van der Waals surface area contributed by atoms with Crippen LogP contribution in [0.15, 0.2) is 58.3 Å². The second kappa shape index (κ2) is 11.0. The molecule has 0 unspecified atom stereocenters. The van der Waals surface area contributed by atoms with E-state index in [4.69, 9.17) is 9.47 Å². The number of halogens is 3.